The number of H-pyrrole nitrogens is 2. The first kappa shape index (κ1) is 79.9. The summed E-state index contributed by atoms with van der Waals surface area (Å²) >= 11 is 12.8. The van der Waals surface area contributed by atoms with E-state index in [1.165, 1.54) is 0 Å². The quantitative estimate of drug-likeness (QED) is 0.0150. The van der Waals surface area contributed by atoms with Crippen LogP contribution in [0.2, 0.25) is 10.3 Å². The van der Waals surface area contributed by atoms with Crippen LogP contribution in [0.25, 0.3) is 45.0 Å². The van der Waals surface area contributed by atoms with E-state index >= 15 is 0 Å². The molecule has 0 unspecified atom stereocenters. The Morgan fingerprint density at radius 1 is 0.591 bits per heavy atom. The molecule has 0 aliphatic heterocycles. The molecule has 0 aliphatic carbocycles. The van der Waals surface area contributed by atoms with Crippen molar-refractivity contribution in [3.8, 4) is 45.0 Å². The summed E-state index contributed by atoms with van der Waals surface area (Å²) < 4.78 is 33.2. The van der Waals surface area contributed by atoms with Gasteiger partial charge in [-0.3, -0.25) is 4.79 Å². The minimum absolute atomic E-state index is 0. The van der Waals surface area contributed by atoms with Gasteiger partial charge in [-0.15, -0.1) is 20.4 Å². The molecular weight excluding hydrogens is 1260 g/mol. The minimum atomic E-state index is -0.929. The third-order valence-corrected chi connectivity index (χ3v) is 12.1. The van der Waals surface area contributed by atoms with Crippen LogP contribution in [0.3, 0.4) is 0 Å². The monoisotopic (exact) mass is 1330 g/mol. The molecule has 31 heteroatoms. The van der Waals surface area contributed by atoms with Crippen molar-refractivity contribution < 1.29 is 225 Å². The number of carbonyl (C=O) groups is 5. The molecule has 0 spiro atoms. The molecule has 0 saturated heterocycles. The standard InChI is InChI=1S/2C27H29ClN6O5.C2H6O.CH2O3.3K.2H/c2*1-4-5-10-22-29-24(28)23(26(35)37-16-38-27(36)39-17(2)3)34(22)15-18-11-13-19(14-12-18)20-8-6-7-9-21(20)25-30-32-33-31-25;1-2-3;2-1-4-3;;;;;/h2*6-9,11-14,17H,4-5,10,15-16H2,1-3H3,(H,30,31,32,33);3H,2H2,1H3;1,3H;;;;;/q;;;;3*+1;2*-1/p-1. The number of nitrogens with one attached hydrogen (secondary N) is 2. The van der Waals surface area contributed by atoms with E-state index in [2.05, 4.69) is 70.0 Å². The molecule has 0 amide bonds. The van der Waals surface area contributed by atoms with Gasteiger partial charge in [0.2, 0.25) is 25.2 Å². The van der Waals surface area contributed by atoms with E-state index < -0.39 is 37.8 Å². The van der Waals surface area contributed by atoms with Crippen LogP contribution in [0.4, 0.5) is 9.59 Å². The minimum Gasteiger partial charge on any atom is -1.00 e. The van der Waals surface area contributed by atoms with Crippen LogP contribution in [-0.4, -0.2) is 129 Å². The molecule has 456 valence electrons. The Morgan fingerprint density at radius 2 is 0.932 bits per heavy atom. The fourth-order valence-corrected chi connectivity index (χ4v) is 8.48. The second-order valence-corrected chi connectivity index (χ2v) is 19.1. The molecule has 8 aromatic rings. The average Bonchev–Trinajstić information content (AvgIpc) is 1.65. The van der Waals surface area contributed by atoms with E-state index in [1.54, 1.807) is 43.8 Å². The van der Waals surface area contributed by atoms with Crippen molar-refractivity contribution in [1.29, 1.82) is 0 Å². The average molecular weight is 1330 g/mol. The molecule has 0 saturated carbocycles. The van der Waals surface area contributed by atoms with Crippen molar-refractivity contribution in [1.82, 2.24) is 60.4 Å². The predicted octanol–water partition coefficient (Wildman–Crippen LogP) is 0.571. The zero-order valence-electron chi connectivity index (χ0n) is 52.7. The van der Waals surface area contributed by atoms with Gasteiger partial charge in [0.25, 0.3) is 6.47 Å². The van der Waals surface area contributed by atoms with E-state index in [-0.39, 0.29) is 204 Å². The molecule has 4 heterocycles. The topological polar surface area (TPSA) is 338 Å². The fraction of sp³-hybridized carbons (Fsp3) is 0.351. The number of carbonyl (C=O) groups excluding carboxylic acids is 5. The molecule has 0 bridgehead atoms. The fourth-order valence-electron chi connectivity index (χ4n) is 7.92. The zero-order valence-corrected chi connectivity index (χ0v) is 61.6. The van der Waals surface area contributed by atoms with Gasteiger partial charge in [-0.25, -0.2) is 29.1 Å². The van der Waals surface area contributed by atoms with E-state index in [4.69, 9.17) is 66.8 Å². The van der Waals surface area contributed by atoms with Crippen LogP contribution in [0, 0.1) is 0 Å². The van der Waals surface area contributed by atoms with Crippen LogP contribution in [0.5, 0.6) is 0 Å². The number of ether oxygens (including phenoxy) is 6. The summed E-state index contributed by atoms with van der Waals surface area (Å²) in [4.78, 5) is 69.2. The number of tetrazole rings is 2. The second kappa shape index (κ2) is 43.5. The molecule has 0 atom stereocenters. The number of esters is 2. The van der Waals surface area contributed by atoms with Crippen molar-refractivity contribution in [2.24, 2.45) is 0 Å². The molecule has 4 aromatic carbocycles. The number of imidazole rings is 2. The molecule has 0 fully saturated rings. The molecule has 3 N–H and O–H groups in total. The first-order chi connectivity index (χ1) is 41.1. The molecular formula is C57H67Cl2K3N12O14. The normalized spacial score (nSPS) is 10.2. The summed E-state index contributed by atoms with van der Waals surface area (Å²) in [5, 5.41) is 44.8. The summed E-state index contributed by atoms with van der Waals surface area (Å²) in [6.07, 6.45) is 2.34. The van der Waals surface area contributed by atoms with Crippen LogP contribution >= 0.6 is 23.2 Å². The van der Waals surface area contributed by atoms with Gasteiger partial charge < -0.3 is 55.7 Å². The third kappa shape index (κ3) is 25.5. The molecule has 0 radical (unpaired) electrons. The number of rotatable bonds is 23. The third-order valence-electron chi connectivity index (χ3n) is 11.6. The van der Waals surface area contributed by atoms with E-state index in [1.807, 2.05) is 97.1 Å². The number of aliphatic hydroxyl groups is 1. The number of hydrogen-bond acceptors (Lipinski definition) is 22. The van der Waals surface area contributed by atoms with Crippen molar-refractivity contribution in [3.63, 3.8) is 0 Å². The smallest absolute Gasteiger partial charge is 1.00 e. The summed E-state index contributed by atoms with van der Waals surface area (Å²) in [7, 11) is 0. The van der Waals surface area contributed by atoms with E-state index in [0.717, 1.165) is 70.2 Å². The van der Waals surface area contributed by atoms with Gasteiger partial charge in [0.1, 0.15) is 11.6 Å². The maximum Gasteiger partial charge on any atom is 1.00 e. The summed E-state index contributed by atoms with van der Waals surface area (Å²) in [6, 6.07) is 31.4. The summed E-state index contributed by atoms with van der Waals surface area (Å²) in [6.45, 7) is 12.1. The van der Waals surface area contributed by atoms with Crippen LogP contribution < -0.4 is 159 Å². The van der Waals surface area contributed by atoms with Gasteiger partial charge in [-0.05, 0) is 91.3 Å². The maximum atomic E-state index is 12.9. The Labute approximate surface area is 648 Å². The van der Waals surface area contributed by atoms with Gasteiger partial charge >= 0.3 is 178 Å². The van der Waals surface area contributed by atoms with Crippen molar-refractivity contribution in [3.05, 3.63) is 142 Å². The summed E-state index contributed by atoms with van der Waals surface area (Å²) in [5.74, 6) is 0.846. The number of unbranched alkanes of at least 4 members (excludes halogenated alkanes) is 2. The first-order valence-corrected chi connectivity index (χ1v) is 27.5. The van der Waals surface area contributed by atoms with Gasteiger partial charge in [-0.2, -0.15) is 10.4 Å². The zero-order chi connectivity index (χ0) is 61.7. The second-order valence-electron chi connectivity index (χ2n) is 18.4. The number of aromatic amines is 2. The van der Waals surface area contributed by atoms with Crippen molar-refractivity contribution in [2.75, 3.05) is 20.2 Å². The van der Waals surface area contributed by atoms with Gasteiger partial charge in [-0.1, -0.05) is 147 Å². The number of halogens is 2. The number of aromatic nitrogens is 12. The first-order valence-electron chi connectivity index (χ1n) is 26.8. The van der Waals surface area contributed by atoms with Crippen molar-refractivity contribution in [2.45, 2.75) is 112 Å². The molecule has 88 heavy (non-hydrogen) atoms. The Balaban J connectivity index is 0.00000152. The number of hydrogen-bond donors (Lipinski definition) is 3. The predicted molar refractivity (Wildman–Crippen MR) is 308 cm³/mol. The number of benzene rings is 4. The molecule has 4 aromatic heterocycles. The van der Waals surface area contributed by atoms with Crippen LogP contribution in [0.1, 0.15) is 121 Å². The molecule has 26 nitrogen and oxygen atoms in total. The summed E-state index contributed by atoms with van der Waals surface area (Å²) in [5.41, 5.74) is 7.60. The Bertz CT molecular complexity index is 3160. The number of aliphatic hydroxyl groups excluding tert-OH is 1. The van der Waals surface area contributed by atoms with Gasteiger partial charge in [0.05, 0.1) is 12.2 Å². The SMILES string of the molecule is CCCCc1nc(Cl)c(C(=O)OCOC(=O)OC(C)C)n1Cc1ccc(-c2ccccc2-c2nn[nH]n2)cc1.CCCCc1nc(Cl)c(C(=O)OCOC(=O)OC(C)C)n1Cc1ccc(-c2ccccc2-c2nn[nH]n2)cc1.CCO.O=CO[O-].[H-].[H-].[K+].[K+].[K+]. The van der Waals surface area contributed by atoms with E-state index in [9.17, 15) is 19.2 Å². The Hall–Kier alpha value is -4.20. The van der Waals surface area contributed by atoms with E-state index in [0.29, 0.717) is 49.2 Å². The number of aryl methyl sites for hydroxylation is 2. The largest absolute Gasteiger partial charge is 1.00 e. The number of nitrogens with zero attached hydrogens (tertiary/aromatic N) is 10. The Morgan fingerprint density at radius 3 is 1.23 bits per heavy atom. The van der Waals surface area contributed by atoms with Gasteiger partial charge in [0, 0.05) is 43.7 Å². The van der Waals surface area contributed by atoms with Crippen molar-refractivity contribution >= 4 is 53.9 Å². The molecule has 0 aliphatic rings. The van der Waals surface area contributed by atoms with Crippen LogP contribution in [-0.2, 0) is 64.0 Å². The Kier molecular flexibility index (Phi) is 39.5. The molecule has 8 rings (SSSR count). The van der Waals surface area contributed by atoms with Crippen LogP contribution in [0.15, 0.2) is 97.1 Å². The maximum absolute atomic E-state index is 12.9. The van der Waals surface area contributed by atoms with Gasteiger partial charge in [0.15, 0.2) is 21.7 Å².